The highest BCUT2D eigenvalue weighted by Gasteiger charge is 2.25. The summed E-state index contributed by atoms with van der Waals surface area (Å²) in [5, 5.41) is 11.8. The summed E-state index contributed by atoms with van der Waals surface area (Å²) in [6, 6.07) is 28.9. The molecule has 0 heterocycles. The second-order valence-electron chi connectivity index (χ2n) is 10.1. The maximum absolute atomic E-state index is 11.8. The normalized spacial score (nSPS) is 12.0. The maximum atomic E-state index is 11.8. The van der Waals surface area contributed by atoms with Gasteiger partial charge in [-0.25, -0.2) is 0 Å². The molecule has 0 radical (unpaired) electrons. The highest BCUT2D eigenvalue weighted by molar-refractivity contribution is 5.98. The van der Waals surface area contributed by atoms with Crippen molar-refractivity contribution in [1.82, 2.24) is 0 Å². The molecular formula is C35H38N4O6. The molecule has 0 saturated heterocycles. The quantitative estimate of drug-likeness (QED) is 0.0397. The van der Waals surface area contributed by atoms with Crippen molar-refractivity contribution >= 4 is 22.8 Å². The van der Waals surface area contributed by atoms with E-state index in [2.05, 4.69) is 24.0 Å². The number of benzene rings is 4. The van der Waals surface area contributed by atoms with Gasteiger partial charge in [0.15, 0.2) is 17.5 Å². The van der Waals surface area contributed by atoms with Crippen LogP contribution in [0.2, 0.25) is 0 Å². The fourth-order valence-electron chi connectivity index (χ4n) is 5.07. The zero-order chi connectivity index (χ0) is 32.3. The molecule has 1 unspecified atom stereocenters. The Bertz CT molecular complexity index is 1650. The molecule has 0 aromatic heterocycles. The molecule has 0 fully saturated rings. The van der Waals surface area contributed by atoms with Crippen molar-refractivity contribution in [3.05, 3.63) is 123 Å². The number of hydrogen-bond acceptors (Lipinski definition) is 7. The molecule has 0 aliphatic heterocycles. The predicted molar refractivity (Wildman–Crippen MR) is 177 cm³/mol. The first-order chi connectivity index (χ1) is 21.7. The first kappa shape index (κ1) is 32.4. The molecule has 0 saturated carbocycles. The minimum atomic E-state index is -0.638. The lowest BCUT2D eigenvalue weighted by molar-refractivity contribution is -0.386. The topological polar surface area (TPSA) is 144 Å². The van der Waals surface area contributed by atoms with E-state index in [-0.39, 0.29) is 17.4 Å². The molecule has 234 valence electrons. The molecule has 4 aromatic rings. The van der Waals surface area contributed by atoms with Gasteiger partial charge in [0.2, 0.25) is 0 Å². The van der Waals surface area contributed by atoms with Gasteiger partial charge < -0.3 is 30.4 Å². The highest BCUT2D eigenvalue weighted by atomic mass is 16.6. The summed E-state index contributed by atoms with van der Waals surface area (Å²) < 4.78 is 22.6. The summed E-state index contributed by atoms with van der Waals surface area (Å²) in [6.45, 7) is 4.63. The van der Waals surface area contributed by atoms with E-state index in [0.717, 1.165) is 28.7 Å². The van der Waals surface area contributed by atoms with E-state index in [1.165, 1.54) is 25.9 Å². The van der Waals surface area contributed by atoms with E-state index < -0.39 is 11.0 Å². The van der Waals surface area contributed by atoms with Crippen molar-refractivity contribution in [2.24, 2.45) is 16.5 Å². The summed E-state index contributed by atoms with van der Waals surface area (Å²) in [6.07, 6.45) is 0.162. The van der Waals surface area contributed by atoms with Crippen LogP contribution in [-0.4, -0.2) is 38.3 Å². The van der Waals surface area contributed by atoms with Gasteiger partial charge in [-0.2, -0.15) is 0 Å². The van der Waals surface area contributed by atoms with E-state index >= 15 is 0 Å². The number of guanidine groups is 1. The Labute approximate surface area is 263 Å². The molecule has 10 nitrogen and oxygen atoms in total. The average Bonchev–Trinajstić information content (AvgIpc) is 3.06. The van der Waals surface area contributed by atoms with Gasteiger partial charge in [-0.3, -0.25) is 15.1 Å². The van der Waals surface area contributed by atoms with Crippen molar-refractivity contribution < 1.29 is 23.9 Å². The number of methoxy groups -OCH3 is 2. The zero-order valence-corrected chi connectivity index (χ0v) is 25.9. The molecule has 4 rings (SSSR count). The van der Waals surface area contributed by atoms with Crippen LogP contribution in [0.3, 0.4) is 0 Å². The van der Waals surface area contributed by atoms with Crippen molar-refractivity contribution in [3.63, 3.8) is 0 Å². The van der Waals surface area contributed by atoms with Gasteiger partial charge in [0, 0.05) is 0 Å². The maximum Gasteiger partial charge on any atom is 0.280 e. The molecule has 0 aliphatic rings. The Morgan fingerprint density at radius 3 is 1.96 bits per heavy atom. The minimum absolute atomic E-state index is 0.0323. The van der Waals surface area contributed by atoms with Gasteiger partial charge in [0.1, 0.15) is 24.2 Å². The Morgan fingerprint density at radius 2 is 1.42 bits per heavy atom. The average molecular weight is 611 g/mol. The van der Waals surface area contributed by atoms with Crippen molar-refractivity contribution in [2.45, 2.75) is 26.4 Å². The van der Waals surface area contributed by atoms with Crippen molar-refractivity contribution in [1.29, 1.82) is 0 Å². The SMILES string of the molecule is CC/C(=C(/c1ccc(OCCN=C(N)N)cc1)c1ccc(OC(C)c2cc(OC)c(OC)cc2[N+](=O)[O-])cc1)c1ccccc1. The first-order valence-corrected chi connectivity index (χ1v) is 14.5. The first-order valence-electron chi connectivity index (χ1n) is 14.5. The second kappa shape index (κ2) is 15.3. The fourth-order valence-corrected chi connectivity index (χ4v) is 5.07. The lowest BCUT2D eigenvalue weighted by atomic mass is 9.88. The smallest absolute Gasteiger partial charge is 0.280 e. The van der Waals surface area contributed by atoms with Gasteiger partial charge in [-0.05, 0) is 71.5 Å². The molecule has 45 heavy (non-hydrogen) atoms. The summed E-state index contributed by atoms with van der Waals surface area (Å²) >= 11 is 0. The number of aliphatic imine (C=N–C) groups is 1. The van der Waals surface area contributed by atoms with Gasteiger partial charge in [0.05, 0.1) is 37.3 Å². The standard InChI is InChI=1S/C35H38N4O6/c1-5-29(24-9-7-6-8-10-24)34(25-11-15-27(16-12-25)44-20-19-38-35(36)37)26-13-17-28(18-14-26)45-23(2)30-21-32(42-3)33(43-4)22-31(30)39(40)41/h6-18,21-23H,5,19-20H2,1-4H3,(H4,36,37,38)/b34-29+. The predicted octanol–water partition coefficient (Wildman–Crippen LogP) is 6.77. The van der Waals surface area contributed by atoms with E-state index in [1.807, 2.05) is 66.7 Å². The van der Waals surface area contributed by atoms with Gasteiger partial charge in [0.25, 0.3) is 5.69 Å². The number of allylic oxidation sites excluding steroid dienone is 1. The van der Waals surface area contributed by atoms with Crippen LogP contribution >= 0.6 is 0 Å². The second-order valence-corrected chi connectivity index (χ2v) is 10.1. The minimum Gasteiger partial charge on any atom is -0.493 e. The Hall–Kier alpha value is -5.51. The summed E-state index contributed by atoms with van der Waals surface area (Å²) in [5.74, 6) is 1.97. The van der Waals surface area contributed by atoms with E-state index in [0.29, 0.717) is 36.0 Å². The molecule has 0 aliphatic carbocycles. The number of rotatable bonds is 14. The van der Waals surface area contributed by atoms with Crippen LogP contribution in [0.5, 0.6) is 23.0 Å². The Balaban J connectivity index is 1.66. The molecule has 0 amide bonds. The van der Waals surface area contributed by atoms with Gasteiger partial charge >= 0.3 is 0 Å². The zero-order valence-electron chi connectivity index (χ0n) is 25.9. The lowest BCUT2D eigenvalue weighted by Crippen LogP contribution is -2.23. The van der Waals surface area contributed by atoms with E-state index in [4.69, 9.17) is 30.4 Å². The third-order valence-electron chi connectivity index (χ3n) is 7.20. The molecule has 4 N–H and O–H groups in total. The summed E-state index contributed by atoms with van der Waals surface area (Å²) in [4.78, 5) is 15.3. The third kappa shape index (κ3) is 8.11. The Morgan fingerprint density at radius 1 is 0.844 bits per heavy atom. The number of nitro groups is 1. The third-order valence-corrected chi connectivity index (χ3v) is 7.20. The van der Waals surface area contributed by atoms with Crippen LogP contribution in [0.15, 0.2) is 96.0 Å². The fraction of sp³-hybridized carbons (Fsp3) is 0.229. The molecular weight excluding hydrogens is 572 g/mol. The van der Waals surface area contributed by atoms with Crippen molar-refractivity contribution in [3.8, 4) is 23.0 Å². The molecule has 0 bridgehead atoms. The number of nitro benzene ring substituents is 1. The van der Waals surface area contributed by atoms with E-state index in [1.54, 1.807) is 13.0 Å². The van der Waals surface area contributed by atoms with Crippen molar-refractivity contribution in [2.75, 3.05) is 27.4 Å². The van der Waals surface area contributed by atoms with Crippen LogP contribution in [0.1, 0.15) is 48.6 Å². The highest BCUT2D eigenvalue weighted by Crippen LogP contribution is 2.39. The number of nitrogens with two attached hydrogens (primary N) is 2. The van der Waals surface area contributed by atoms with Gasteiger partial charge in [-0.1, -0.05) is 61.5 Å². The monoisotopic (exact) mass is 610 g/mol. The Kier molecular flexibility index (Phi) is 11.0. The van der Waals surface area contributed by atoms with Crippen LogP contribution in [-0.2, 0) is 0 Å². The number of nitrogens with zero attached hydrogens (tertiary/aromatic N) is 2. The largest absolute Gasteiger partial charge is 0.493 e. The summed E-state index contributed by atoms with van der Waals surface area (Å²) in [7, 11) is 2.92. The molecule has 4 aromatic carbocycles. The lowest BCUT2D eigenvalue weighted by Gasteiger charge is -2.19. The molecule has 10 heteroatoms. The van der Waals surface area contributed by atoms with E-state index in [9.17, 15) is 10.1 Å². The van der Waals surface area contributed by atoms with Crippen LogP contribution in [0.4, 0.5) is 5.69 Å². The van der Waals surface area contributed by atoms with Gasteiger partial charge in [-0.15, -0.1) is 0 Å². The number of hydrogen-bond donors (Lipinski definition) is 2. The summed E-state index contributed by atoms with van der Waals surface area (Å²) in [5.41, 5.74) is 16.5. The van der Waals surface area contributed by atoms with Crippen LogP contribution in [0.25, 0.3) is 11.1 Å². The van der Waals surface area contributed by atoms with Crippen LogP contribution in [0, 0.1) is 10.1 Å². The van der Waals surface area contributed by atoms with Crippen LogP contribution < -0.4 is 30.4 Å². The molecule has 1 atom stereocenters. The number of ether oxygens (including phenoxy) is 4. The molecule has 0 spiro atoms.